The first-order valence-corrected chi connectivity index (χ1v) is 5.47. The molecule has 2 rings (SSSR count). The molecule has 0 N–H and O–H groups in total. The van der Waals surface area contributed by atoms with Gasteiger partial charge in [-0.15, -0.1) is 0 Å². The largest absolute Gasteiger partial charge is 0.435 e. The number of aromatic nitrogens is 3. The van der Waals surface area contributed by atoms with Gasteiger partial charge in [-0.25, -0.2) is 9.67 Å². The van der Waals surface area contributed by atoms with Crippen LogP contribution in [-0.2, 0) is 13.2 Å². The Balaban J connectivity index is 2.33. The van der Waals surface area contributed by atoms with Crippen molar-refractivity contribution in [1.82, 2.24) is 14.8 Å². The Kier molecular flexibility index (Phi) is 3.36. The Bertz CT molecular complexity index is 685. The van der Waals surface area contributed by atoms with Crippen molar-refractivity contribution in [3.05, 3.63) is 35.2 Å². The standard InChI is InChI=1S/C12H9F3N4O/c1-7-3-8(6-16)17-10(4-7)20-11-5-9(12(13,14)15)18-19(11)2/h3-5H,1-2H3. The van der Waals surface area contributed by atoms with Gasteiger partial charge in [0.2, 0.25) is 11.8 Å². The molecule has 0 unspecified atom stereocenters. The van der Waals surface area contributed by atoms with E-state index >= 15 is 0 Å². The third kappa shape index (κ3) is 2.88. The summed E-state index contributed by atoms with van der Waals surface area (Å²) < 4.78 is 43.7. The van der Waals surface area contributed by atoms with Gasteiger partial charge >= 0.3 is 6.18 Å². The third-order valence-corrected chi connectivity index (χ3v) is 2.40. The van der Waals surface area contributed by atoms with Crippen molar-refractivity contribution in [1.29, 1.82) is 5.26 Å². The molecule has 0 atom stereocenters. The molecule has 0 spiro atoms. The first kappa shape index (κ1) is 13.9. The van der Waals surface area contributed by atoms with E-state index in [0.717, 1.165) is 10.7 Å². The lowest BCUT2D eigenvalue weighted by molar-refractivity contribution is -0.141. The predicted octanol–water partition coefficient (Wildman–Crippen LogP) is 2.81. The zero-order valence-electron chi connectivity index (χ0n) is 10.6. The van der Waals surface area contributed by atoms with Gasteiger partial charge in [0, 0.05) is 19.2 Å². The molecule has 0 aliphatic rings. The van der Waals surface area contributed by atoms with E-state index in [4.69, 9.17) is 10.00 Å². The average Bonchev–Trinajstić information content (AvgIpc) is 2.70. The van der Waals surface area contributed by atoms with Gasteiger partial charge in [0.15, 0.2) is 5.69 Å². The minimum Gasteiger partial charge on any atom is -0.421 e. The van der Waals surface area contributed by atoms with Crippen molar-refractivity contribution in [2.75, 3.05) is 0 Å². The second kappa shape index (κ2) is 4.85. The van der Waals surface area contributed by atoms with Gasteiger partial charge in [0.05, 0.1) is 0 Å². The molecule has 2 aromatic heterocycles. The summed E-state index contributed by atoms with van der Waals surface area (Å²) in [7, 11) is 1.32. The van der Waals surface area contributed by atoms with Crippen LogP contribution in [-0.4, -0.2) is 14.8 Å². The Labute approximate surface area is 112 Å². The molecule has 0 aromatic carbocycles. The van der Waals surface area contributed by atoms with Gasteiger partial charge in [-0.2, -0.15) is 23.5 Å². The summed E-state index contributed by atoms with van der Waals surface area (Å²) in [6.45, 7) is 1.72. The van der Waals surface area contributed by atoms with Crippen molar-refractivity contribution in [3.8, 4) is 17.8 Å². The van der Waals surface area contributed by atoms with Crippen LogP contribution in [0.15, 0.2) is 18.2 Å². The highest BCUT2D eigenvalue weighted by Gasteiger charge is 2.35. The van der Waals surface area contributed by atoms with Crippen LogP contribution in [0.5, 0.6) is 11.8 Å². The molecule has 0 bridgehead atoms. The molecule has 5 nitrogen and oxygen atoms in total. The monoisotopic (exact) mass is 282 g/mol. The second-order valence-electron chi connectivity index (χ2n) is 4.07. The molecule has 0 saturated heterocycles. The number of pyridine rings is 1. The van der Waals surface area contributed by atoms with Crippen molar-refractivity contribution in [2.45, 2.75) is 13.1 Å². The van der Waals surface area contributed by atoms with Gasteiger partial charge in [0.1, 0.15) is 11.8 Å². The van der Waals surface area contributed by atoms with E-state index < -0.39 is 11.9 Å². The van der Waals surface area contributed by atoms with E-state index in [9.17, 15) is 13.2 Å². The molecule has 0 fully saturated rings. The van der Waals surface area contributed by atoms with E-state index in [0.29, 0.717) is 5.56 Å². The van der Waals surface area contributed by atoms with E-state index in [1.54, 1.807) is 6.92 Å². The molecule has 0 aliphatic heterocycles. The van der Waals surface area contributed by atoms with Gasteiger partial charge in [-0.05, 0) is 18.6 Å². The van der Waals surface area contributed by atoms with Crippen LogP contribution in [0.25, 0.3) is 0 Å². The number of alkyl halides is 3. The van der Waals surface area contributed by atoms with E-state index in [-0.39, 0.29) is 17.5 Å². The van der Waals surface area contributed by atoms with Gasteiger partial charge in [-0.3, -0.25) is 0 Å². The first-order valence-electron chi connectivity index (χ1n) is 5.47. The van der Waals surface area contributed by atoms with Crippen LogP contribution in [0.3, 0.4) is 0 Å². The highest BCUT2D eigenvalue weighted by molar-refractivity contribution is 5.32. The fourth-order valence-corrected chi connectivity index (χ4v) is 1.54. The number of nitrogens with zero attached hydrogens (tertiary/aromatic N) is 4. The lowest BCUT2D eigenvalue weighted by Gasteiger charge is -2.05. The van der Waals surface area contributed by atoms with Crippen LogP contribution in [0.4, 0.5) is 13.2 Å². The number of ether oxygens (including phenoxy) is 1. The van der Waals surface area contributed by atoms with Crippen molar-refractivity contribution in [3.63, 3.8) is 0 Å². The lowest BCUT2D eigenvalue weighted by atomic mass is 10.2. The zero-order valence-corrected chi connectivity index (χ0v) is 10.6. The third-order valence-electron chi connectivity index (χ3n) is 2.40. The van der Waals surface area contributed by atoms with Crippen molar-refractivity contribution < 1.29 is 17.9 Å². The second-order valence-corrected chi connectivity index (χ2v) is 4.07. The number of nitriles is 1. The summed E-state index contributed by atoms with van der Waals surface area (Å²) in [5.41, 5.74) is -0.217. The van der Waals surface area contributed by atoms with Crippen LogP contribution in [0.1, 0.15) is 17.0 Å². The van der Waals surface area contributed by atoms with E-state index in [1.807, 2.05) is 6.07 Å². The van der Waals surface area contributed by atoms with Crippen LogP contribution in [0.2, 0.25) is 0 Å². The Morgan fingerprint density at radius 2 is 2.00 bits per heavy atom. The van der Waals surface area contributed by atoms with Crippen molar-refractivity contribution in [2.24, 2.45) is 7.05 Å². The maximum atomic E-state index is 12.5. The molecule has 104 valence electrons. The number of aryl methyl sites for hydroxylation is 2. The first-order chi connectivity index (χ1) is 9.29. The highest BCUT2D eigenvalue weighted by Crippen LogP contribution is 2.31. The van der Waals surface area contributed by atoms with Crippen molar-refractivity contribution >= 4 is 0 Å². The molecule has 0 amide bonds. The highest BCUT2D eigenvalue weighted by atomic mass is 19.4. The van der Waals surface area contributed by atoms with Gasteiger partial charge < -0.3 is 4.74 Å². The number of hydrogen-bond acceptors (Lipinski definition) is 4. The minimum atomic E-state index is -4.54. The van der Waals surface area contributed by atoms with Crippen LogP contribution in [0, 0.1) is 18.3 Å². The molecule has 8 heteroatoms. The fraction of sp³-hybridized carbons (Fsp3) is 0.250. The summed E-state index contributed by atoms with van der Waals surface area (Å²) in [6, 6.07) is 5.67. The molecule has 2 heterocycles. The van der Waals surface area contributed by atoms with Crippen LogP contribution < -0.4 is 4.74 Å². The van der Waals surface area contributed by atoms with E-state index in [1.165, 1.54) is 19.2 Å². The lowest BCUT2D eigenvalue weighted by Crippen LogP contribution is -2.06. The molecule has 0 radical (unpaired) electrons. The number of halogens is 3. The SMILES string of the molecule is Cc1cc(C#N)nc(Oc2cc(C(F)(F)F)nn2C)c1. The van der Waals surface area contributed by atoms with Gasteiger partial charge in [-0.1, -0.05) is 0 Å². The zero-order chi connectivity index (χ0) is 14.9. The average molecular weight is 282 g/mol. The normalized spacial score (nSPS) is 11.2. The summed E-state index contributed by atoms with van der Waals surface area (Å²) in [5, 5.41) is 12.1. The predicted molar refractivity (Wildman–Crippen MR) is 62.0 cm³/mol. The summed E-state index contributed by atoms with van der Waals surface area (Å²) in [5.74, 6) is -0.0717. The summed E-state index contributed by atoms with van der Waals surface area (Å²) in [4.78, 5) is 3.85. The molecule has 20 heavy (non-hydrogen) atoms. The Morgan fingerprint density at radius 3 is 2.55 bits per heavy atom. The Hall–Kier alpha value is -2.56. The molecule has 0 saturated carbocycles. The molecule has 2 aromatic rings. The van der Waals surface area contributed by atoms with Gasteiger partial charge in [0.25, 0.3) is 0 Å². The maximum absolute atomic E-state index is 12.5. The maximum Gasteiger partial charge on any atom is 0.435 e. The molecule has 0 aliphatic carbocycles. The molecular formula is C12H9F3N4O. The molecular weight excluding hydrogens is 273 g/mol. The quantitative estimate of drug-likeness (QED) is 0.849. The van der Waals surface area contributed by atoms with E-state index in [2.05, 4.69) is 10.1 Å². The summed E-state index contributed by atoms with van der Waals surface area (Å²) >= 11 is 0. The smallest absolute Gasteiger partial charge is 0.421 e. The Morgan fingerprint density at radius 1 is 1.30 bits per heavy atom. The van der Waals surface area contributed by atoms with Crippen LogP contribution >= 0.6 is 0 Å². The number of hydrogen-bond donors (Lipinski definition) is 0. The summed E-state index contributed by atoms with van der Waals surface area (Å²) in [6.07, 6.45) is -4.54. The minimum absolute atomic E-state index is 0.0401. The fourth-order valence-electron chi connectivity index (χ4n) is 1.54. The topological polar surface area (TPSA) is 63.7 Å². The number of rotatable bonds is 2.